The minimum absolute atomic E-state index is 0.975. The number of benzene rings is 20. The van der Waals surface area contributed by atoms with Crippen molar-refractivity contribution in [3.05, 3.63) is 446 Å². The highest BCUT2D eigenvalue weighted by Gasteiger charge is 2.29. The van der Waals surface area contributed by atoms with E-state index in [-0.39, 0.29) is 0 Å². The van der Waals surface area contributed by atoms with Crippen molar-refractivity contribution in [2.24, 2.45) is 0 Å². The Morgan fingerprint density at radius 2 is 0.493 bits per heavy atom. The van der Waals surface area contributed by atoms with Crippen LogP contribution in [0.4, 0.5) is 0 Å². The van der Waals surface area contributed by atoms with Crippen LogP contribution in [0, 0.1) is 3.57 Å². The first-order valence-corrected chi connectivity index (χ1v) is 47.3. The molecule has 0 fully saturated rings. The van der Waals surface area contributed by atoms with Crippen LogP contribution >= 0.6 is 22.6 Å². The fourth-order valence-corrected chi connectivity index (χ4v) is 23.2. The third-order valence-electron chi connectivity index (χ3n) is 28.3. The molecule has 0 aliphatic carbocycles. The second-order valence-electron chi connectivity index (χ2n) is 35.5. The molecule has 0 aliphatic heterocycles. The van der Waals surface area contributed by atoms with Gasteiger partial charge >= 0.3 is 0 Å². The van der Waals surface area contributed by atoms with Crippen LogP contribution in [-0.2, 0) is 0 Å². The molecule has 20 aromatic carbocycles. The van der Waals surface area contributed by atoms with E-state index in [0.29, 0.717) is 0 Å². The van der Waals surface area contributed by atoms with E-state index < -0.39 is 0 Å². The summed E-state index contributed by atoms with van der Waals surface area (Å²) in [5, 5.41) is 25.6. The molecule has 634 valence electrons. The number of pyridine rings is 3. The minimum Gasteiger partial charge on any atom is -0.354 e. The third kappa shape index (κ3) is 11.0. The second-order valence-corrected chi connectivity index (χ2v) is 36.7. The summed E-state index contributed by atoms with van der Waals surface area (Å²) in [5.74, 6) is 0. The van der Waals surface area contributed by atoms with Crippen molar-refractivity contribution in [1.82, 2.24) is 56.4 Å². The molecule has 12 heterocycles. The van der Waals surface area contributed by atoms with Crippen molar-refractivity contribution in [2.45, 2.75) is 0 Å². The molecule has 12 aromatic heterocycles. The average molecular weight is 1850 g/mol. The summed E-state index contributed by atoms with van der Waals surface area (Å²) >= 11 is 2.28. The lowest BCUT2D eigenvalue weighted by Crippen LogP contribution is -1.98. The largest absolute Gasteiger partial charge is 0.354 e. The highest BCUT2D eigenvalue weighted by molar-refractivity contribution is 14.1. The number of H-pyrrole nitrogens is 2. The Hall–Kier alpha value is -17.7. The highest BCUT2D eigenvalue weighted by Crippen LogP contribution is 2.50. The van der Waals surface area contributed by atoms with Gasteiger partial charge in [0.25, 0.3) is 0 Å². The predicted molar refractivity (Wildman–Crippen MR) is 578 cm³/mol. The molecule has 0 unspecified atom stereocenters. The number of hydrogen-bond donors (Lipinski definition) is 2. The Morgan fingerprint density at radius 1 is 0.176 bits per heavy atom. The molecular formula is C123H75IN12. The van der Waals surface area contributed by atoms with Gasteiger partial charge in [-0.2, -0.15) is 0 Å². The van der Waals surface area contributed by atoms with Gasteiger partial charge in [0, 0.05) is 134 Å². The lowest BCUT2D eigenvalue weighted by Gasteiger charge is -2.14. The van der Waals surface area contributed by atoms with Gasteiger partial charge in [0.1, 0.15) is 16.9 Å². The molecule has 0 aliphatic rings. The molecule has 0 amide bonds. The van der Waals surface area contributed by atoms with E-state index >= 15 is 0 Å². The highest BCUT2D eigenvalue weighted by atomic mass is 127. The van der Waals surface area contributed by atoms with Crippen LogP contribution in [0.25, 0.3) is 269 Å². The number of nitrogens with zero attached hydrogens (tertiary/aromatic N) is 10. The SMILES string of the molecule is Ic1ccccc1.c1ccc(-n2c3ccccc3c3c2ccc2c4cc5[nH]c6ccccc6c5cc4c4nc5ccccc5n4c23)cc1.c1ccc(-n2c3ccccc3c3c2ccc2c4ccc5c6ccccc6[nH]c5c4c4nc5ccccc5n4c23)cc1.c1ccc(-n2c3ccccc3c3c2ccc2c4ccc5c6ccccc6n(-c6ccccc6)c5c4c4nc5ccccc5n4c23)cc1. The van der Waals surface area contributed by atoms with Gasteiger partial charge in [-0.15, -0.1) is 0 Å². The normalized spacial score (nSPS) is 12.2. The zero-order chi connectivity index (χ0) is 89.1. The third-order valence-corrected chi connectivity index (χ3v) is 29.0. The maximum absolute atomic E-state index is 5.44. The quantitative estimate of drug-likeness (QED) is 0.135. The van der Waals surface area contributed by atoms with Crippen molar-refractivity contribution < 1.29 is 0 Å². The van der Waals surface area contributed by atoms with Crippen LogP contribution in [0.15, 0.2) is 443 Å². The van der Waals surface area contributed by atoms with Crippen molar-refractivity contribution in [3.8, 4) is 22.7 Å². The van der Waals surface area contributed by atoms with Gasteiger partial charge in [0.2, 0.25) is 0 Å². The minimum atomic E-state index is 0.975. The van der Waals surface area contributed by atoms with Crippen LogP contribution in [0.3, 0.4) is 0 Å². The van der Waals surface area contributed by atoms with Gasteiger partial charge in [-0.1, -0.05) is 279 Å². The monoisotopic (exact) mass is 1850 g/mol. The van der Waals surface area contributed by atoms with E-state index in [4.69, 9.17) is 15.0 Å². The Morgan fingerprint density at radius 3 is 0.949 bits per heavy atom. The first-order valence-electron chi connectivity index (χ1n) is 46.2. The zero-order valence-corrected chi connectivity index (χ0v) is 75.2. The number of imidazole rings is 3. The number of fused-ring (bicyclic) bond motifs is 47. The first kappa shape index (κ1) is 76.1. The Balaban J connectivity index is 0.0000000955. The summed E-state index contributed by atoms with van der Waals surface area (Å²) in [5.41, 5.74) is 31.6. The summed E-state index contributed by atoms with van der Waals surface area (Å²) in [7, 11) is 0. The van der Waals surface area contributed by atoms with Crippen molar-refractivity contribution in [1.29, 1.82) is 0 Å². The van der Waals surface area contributed by atoms with Crippen LogP contribution in [0.5, 0.6) is 0 Å². The molecule has 0 radical (unpaired) electrons. The van der Waals surface area contributed by atoms with E-state index in [2.05, 4.69) is 489 Å². The van der Waals surface area contributed by atoms with Gasteiger partial charge in [0.05, 0.1) is 105 Å². The molecule has 2 N–H and O–H groups in total. The average Bonchev–Trinajstić information content (AvgIpc) is 1.52. The lowest BCUT2D eigenvalue weighted by atomic mass is 10.00. The van der Waals surface area contributed by atoms with Gasteiger partial charge in [-0.05, 0) is 203 Å². The molecule has 12 nitrogen and oxygen atoms in total. The summed E-state index contributed by atoms with van der Waals surface area (Å²) in [6, 6.07) is 158. The molecule has 32 rings (SSSR count). The Labute approximate surface area is 788 Å². The van der Waals surface area contributed by atoms with Crippen LogP contribution in [-0.4, -0.2) is 56.4 Å². The van der Waals surface area contributed by atoms with E-state index in [1.165, 1.54) is 161 Å². The lowest BCUT2D eigenvalue weighted by molar-refractivity contribution is 1.18. The molecule has 136 heavy (non-hydrogen) atoms. The molecule has 0 atom stereocenters. The topological polar surface area (TPSA) is 103 Å². The van der Waals surface area contributed by atoms with Gasteiger partial charge in [-0.25, -0.2) is 15.0 Å². The van der Waals surface area contributed by atoms with Crippen LogP contribution < -0.4 is 0 Å². The molecule has 0 bridgehead atoms. The van der Waals surface area contributed by atoms with Crippen molar-refractivity contribution in [2.75, 3.05) is 0 Å². The van der Waals surface area contributed by atoms with Gasteiger partial charge in [0.15, 0.2) is 0 Å². The second kappa shape index (κ2) is 29.7. The predicted octanol–water partition coefficient (Wildman–Crippen LogP) is 32.3. The molecule has 32 aromatic rings. The Bertz CT molecular complexity index is 10500. The number of hydrogen-bond acceptors (Lipinski definition) is 3. The zero-order valence-electron chi connectivity index (χ0n) is 73.0. The number of nitrogens with one attached hydrogen (secondary N) is 2. The van der Waals surface area contributed by atoms with Gasteiger partial charge < -0.3 is 28.2 Å². The van der Waals surface area contributed by atoms with Crippen molar-refractivity contribution >= 4 is 268 Å². The van der Waals surface area contributed by atoms with E-state index in [1.54, 1.807) is 0 Å². The van der Waals surface area contributed by atoms with Crippen molar-refractivity contribution in [3.63, 3.8) is 0 Å². The van der Waals surface area contributed by atoms with Crippen LogP contribution in [0.2, 0.25) is 0 Å². The Kier molecular flexibility index (Phi) is 16.6. The number of aromatic nitrogens is 12. The maximum atomic E-state index is 5.44. The summed E-state index contributed by atoms with van der Waals surface area (Å²) in [6.07, 6.45) is 0. The molecular weight excluding hydrogens is 1770 g/mol. The van der Waals surface area contributed by atoms with E-state index in [1.807, 2.05) is 18.2 Å². The summed E-state index contributed by atoms with van der Waals surface area (Å²) in [6.45, 7) is 0. The molecule has 0 saturated carbocycles. The number of rotatable bonds is 4. The fraction of sp³-hybridized carbons (Fsp3) is 0. The van der Waals surface area contributed by atoms with E-state index in [9.17, 15) is 0 Å². The maximum Gasteiger partial charge on any atom is 0.148 e. The number of para-hydroxylation sites is 16. The van der Waals surface area contributed by atoms with E-state index in [0.717, 1.165) is 111 Å². The summed E-state index contributed by atoms with van der Waals surface area (Å²) in [4.78, 5) is 23.4. The van der Waals surface area contributed by atoms with Crippen LogP contribution in [0.1, 0.15) is 0 Å². The number of halogens is 1. The summed E-state index contributed by atoms with van der Waals surface area (Å²) < 4.78 is 18.1. The molecule has 0 spiro atoms. The van der Waals surface area contributed by atoms with Gasteiger partial charge in [-0.3, -0.25) is 13.2 Å². The smallest absolute Gasteiger partial charge is 0.148 e. The molecule has 13 heteroatoms. The molecule has 0 saturated heterocycles. The first-order chi connectivity index (χ1) is 67.5. The number of aromatic amines is 2. The fourth-order valence-electron chi connectivity index (χ4n) is 22.8. The standard InChI is InChI=1S/C43H26N4.2C37H22N4.C6H5I/c1-3-13-27(14-4-1)45-36-21-11-8-18-33(36)39-38(45)26-25-32-30-23-24-31-29-17-7-10-20-35(29)46(28-15-5-2-6-16-28)42(31)40(30)43-44-34-19-9-12-22-37(34)47(43)41(32)39;1-2-10-22(11-3-1)40-32-16-8-5-13-25(32)35-34(40)19-18-24-26-21-31-27(23-12-4-6-14-29(23)38-31)20-28(26)37-39-30-15-7-9-17-33(30)41(37)36(24)35;1-2-10-22(11-3-1)40-30-16-8-5-13-27(30)33-32(40)21-20-26-24-18-19-25-23-12-4-6-14-28(23)38-35(25)34(24)37-39-29-15-7-9-17-31(29)41(37)36(26)33;7-6-4-2-1-3-5-6/h1-26H;2*1-21,38H;1-5H.